The molecular weight excluding hydrogens is 470 g/mol. The quantitative estimate of drug-likeness (QED) is 0.317. The van der Waals surface area contributed by atoms with Gasteiger partial charge in [0.25, 0.3) is 0 Å². The zero-order valence-corrected chi connectivity index (χ0v) is 19.0. The molecule has 2 amide bonds. The van der Waals surface area contributed by atoms with E-state index in [0.717, 1.165) is 48.3 Å². The number of urea groups is 1. The van der Waals surface area contributed by atoms with Gasteiger partial charge in [0.1, 0.15) is 17.8 Å². The van der Waals surface area contributed by atoms with Gasteiger partial charge in [0.15, 0.2) is 11.5 Å². The van der Waals surface area contributed by atoms with Gasteiger partial charge in [-0.05, 0) is 48.7 Å². The van der Waals surface area contributed by atoms with Crippen LogP contribution in [0.5, 0.6) is 11.5 Å². The van der Waals surface area contributed by atoms with E-state index in [9.17, 15) is 13.6 Å². The number of benzene rings is 2. The van der Waals surface area contributed by atoms with Crippen molar-refractivity contribution in [3.05, 3.63) is 66.6 Å². The summed E-state index contributed by atoms with van der Waals surface area (Å²) in [7, 11) is 0. The van der Waals surface area contributed by atoms with Gasteiger partial charge in [0, 0.05) is 35.2 Å². The van der Waals surface area contributed by atoms with E-state index in [1.165, 1.54) is 18.2 Å². The predicted octanol–water partition coefficient (Wildman–Crippen LogP) is 6.05. The SMILES string of the molecule is O=C(Nc1cccc(C2CCCN(c3ncnc4[nH]ccc34)C2)c1)Nc1cccc2c1OC(F)(F)O2.[HH].[HH].[HH]. The maximum absolute atomic E-state index is 13.4. The number of hydrogen-bond acceptors (Lipinski definition) is 6. The van der Waals surface area contributed by atoms with Crippen molar-refractivity contribution in [2.75, 3.05) is 28.6 Å². The standard InChI is InChI=1S/C25H22F2N6O3.3H2/c26-25(27)35-20-8-2-7-19(21(20)36-25)32-24(34)31-17-6-1-4-15(12-17)16-5-3-11-33(13-16)23-18-9-10-28-22(18)29-14-30-23;;;/h1-2,4,6-10,12,14,16H,3,5,11,13H2,(H,28,29,30)(H2,31,32,34);3*1H. The van der Waals surface area contributed by atoms with Crippen molar-refractivity contribution in [2.45, 2.75) is 25.1 Å². The van der Waals surface area contributed by atoms with Crippen molar-refractivity contribution in [1.82, 2.24) is 15.0 Å². The van der Waals surface area contributed by atoms with Crippen LogP contribution in [-0.2, 0) is 0 Å². The highest BCUT2D eigenvalue weighted by Crippen LogP contribution is 2.45. The highest BCUT2D eigenvalue weighted by Gasteiger charge is 2.44. The third kappa shape index (κ3) is 4.23. The van der Waals surface area contributed by atoms with Gasteiger partial charge < -0.3 is 30.0 Å². The molecule has 0 saturated carbocycles. The Morgan fingerprint density at radius 1 is 1.14 bits per heavy atom. The molecule has 190 valence electrons. The van der Waals surface area contributed by atoms with Crippen LogP contribution in [0, 0.1) is 0 Å². The molecule has 0 bridgehead atoms. The third-order valence-electron chi connectivity index (χ3n) is 6.35. The average Bonchev–Trinajstić information content (AvgIpc) is 3.47. The number of para-hydroxylation sites is 1. The number of carbonyl (C=O) groups is 1. The van der Waals surface area contributed by atoms with E-state index in [1.54, 1.807) is 12.4 Å². The van der Waals surface area contributed by atoms with Gasteiger partial charge in [-0.25, -0.2) is 14.8 Å². The molecule has 36 heavy (non-hydrogen) atoms. The molecule has 1 saturated heterocycles. The lowest BCUT2D eigenvalue weighted by Crippen LogP contribution is -2.35. The van der Waals surface area contributed by atoms with E-state index >= 15 is 0 Å². The summed E-state index contributed by atoms with van der Waals surface area (Å²) in [5.74, 6) is 0.807. The number of fused-ring (bicyclic) bond motifs is 2. The largest absolute Gasteiger partial charge is 0.586 e. The van der Waals surface area contributed by atoms with Crippen LogP contribution < -0.4 is 25.0 Å². The molecule has 1 unspecified atom stereocenters. The Morgan fingerprint density at radius 3 is 2.94 bits per heavy atom. The van der Waals surface area contributed by atoms with E-state index in [0.29, 0.717) is 5.69 Å². The van der Waals surface area contributed by atoms with Crippen LogP contribution in [0.25, 0.3) is 11.0 Å². The lowest BCUT2D eigenvalue weighted by Gasteiger charge is -2.34. The fourth-order valence-electron chi connectivity index (χ4n) is 4.77. The minimum atomic E-state index is -3.77. The molecule has 0 radical (unpaired) electrons. The molecule has 9 nitrogen and oxygen atoms in total. The normalized spacial score (nSPS) is 18.3. The minimum Gasteiger partial charge on any atom is -0.395 e. The first-order valence-electron chi connectivity index (χ1n) is 11.5. The van der Waals surface area contributed by atoms with Crippen LogP contribution in [0.15, 0.2) is 61.1 Å². The number of nitrogens with one attached hydrogen (secondary N) is 3. The highest BCUT2D eigenvalue weighted by atomic mass is 19.3. The summed E-state index contributed by atoms with van der Waals surface area (Å²) in [4.78, 5) is 26.8. The Labute approximate surface area is 208 Å². The Hall–Kier alpha value is -4.41. The lowest BCUT2D eigenvalue weighted by atomic mass is 9.90. The number of hydrogen-bond donors (Lipinski definition) is 3. The summed E-state index contributed by atoms with van der Waals surface area (Å²) < 4.78 is 35.8. The van der Waals surface area contributed by atoms with Crippen molar-refractivity contribution in [2.24, 2.45) is 0 Å². The number of halogens is 2. The molecule has 4 aromatic rings. The van der Waals surface area contributed by atoms with Crippen LogP contribution in [-0.4, -0.2) is 40.4 Å². The molecule has 2 aliphatic heterocycles. The number of aromatic amines is 1. The van der Waals surface area contributed by atoms with E-state index < -0.39 is 12.3 Å². The van der Waals surface area contributed by atoms with Crippen molar-refractivity contribution in [3.63, 3.8) is 0 Å². The lowest BCUT2D eigenvalue weighted by molar-refractivity contribution is -0.286. The first-order chi connectivity index (χ1) is 17.4. The van der Waals surface area contributed by atoms with Crippen LogP contribution in [0.4, 0.5) is 30.8 Å². The van der Waals surface area contributed by atoms with E-state index in [4.69, 9.17) is 0 Å². The maximum atomic E-state index is 13.4. The fourth-order valence-corrected chi connectivity index (χ4v) is 4.77. The van der Waals surface area contributed by atoms with E-state index in [-0.39, 0.29) is 27.4 Å². The Balaban J connectivity index is 0.00000140. The summed E-state index contributed by atoms with van der Waals surface area (Å²) in [6, 6.07) is 13.3. The molecule has 11 heteroatoms. The first-order valence-corrected chi connectivity index (χ1v) is 11.5. The Morgan fingerprint density at radius 2 is 2.03 bits per heavy atom. The fraction of sp³-hybridized carbons (Fsp3) is 0.240. The molecule has 2 aliphatic rings. The monoisotopic (exact) mass is 498 g/mol. The van der Waals surface area contributed by atoms with Crippen LogP contribution in [0.2, 0.25) is 0 Å². The number of anilines is 3. The zero-order chi connectivity index (χ0) is 24.7. The van der Waals surface area contributed by atoms with Crippen LogP contribution >= 0.6 is 0 Å². The topological polar surface area (TPSA) is 104 Å². The van der Waals surface area contributed by atoms with Crippen molar-refractivity contribution in [1.29, 1.82) is 0 Å². The number of aromatic nitrogens is 3. The number of H-pyrrole nitrogens is 1. The molecular formula is C25H28F2N6O3. The summed E-state index contributed by atoms with van der Waals surface area (Å²) in [6.45, 7) is 1.69. The minimum absolute atomic E-state index is 0. The van der Waals surface area contributed by atoms with E-state index in [1.807, 2.05) is 30.5 Å². The smallest absolute Gasteiger partial charge is 0.395 e. The predicted molar refractivity (Wildman–Crippen MR) is 136 cm³/mol. The molecule has 4 heterocycles. The molecule has 0 spiro atoms. The second-order valence-corrected chi connectivity index (χ2v) is 8.73. The van der Waals surface area contributed by atoms with Gasteiger partial charge in [-0.2, -0.15) is 0 Å². The van der Waals surface area contributed by atoms with Crippen LogP contribution in [0.1, 0.15) is 28.6 Å². The number of nitrogens with zero attached hydrogens (tertiary/aromatic N) is 3. The van der Waals surface area contributed by atoms with Gasteiger partial charge in [-0.15, -0.1) is 8.78 Å². The van der Waals surface area contributed by atoms with E-state index in [2.05, 4.69) is 40.0 Å². The zero-order valence-electron chi connectivity index (χ0n) is 19.0. The molecule has 1 atom stereocenters. The van der Waals surface area contributed by atoms with Gasteiger partial charge in [-0.3, -0.25) is 0 Å². The summed E-state index contributed by atoms with van der Waals surface area (Å²) in [6.07, 6.45) is 1.68. The summed E-state index contributed by atoms with van der Waals surface area (Å²) in [5.41, 5.74) is 2.58. The average molecular weight is 499 g/mol. The maximum Gasteiger partial charge on any atom is 0.586 e. The number of amides is 2. The number of ether oxygens (including phenoxy) is 2. The molecule has 2 aromatic carbocycles. The molecule has 3 N–H and O–H groups in total. The van der Waals surface area contributed by atoms with Gasteiger partial charge >= 0.3 is 12.3 Å². The molecule has 2 aromatic heterocycles. The van der Waals surface area contributed by atoms with Crippen molar-refractivity contribution < 1.29 is 27.3 Å². The number of carbonyl (C=O) groups excluding carboxylic acids is 1. The van der Waals surface area contributed by atoms with Gasteiger partial charge in [-0.1, -0.05) is 18.2 Å². The molecule has 0 aliphatic carbocycles. The second-order valence-electron chi connectivity index (χ2n) is 8.73. The second kappa shape index (κ2) is 8.67. The number of rotatable bonds is 4. The molecule has 6 rings (SSSR count). The number of alkyl halides is 2. The number of piperidine rings is 1. The molecule has 1 fully saturated rings. The van der Waals surface area contributed by atoms with Crippen LogP contribution in [0.3, 0.4) is 0 Å². The summed E-state index contributed by atoms with van der Waals surface area (Å²) >= 11 is 0. The summed E-state index contributed by atoms with van der Waals surface area (Å²) in [5, 5.41) is 6.32. The third-order valence-corrected chi connectivity index (χ3v) is 6.35. The Kier molecular flexibility index (Phi) is 5.32. The highest BCUT2D eigenvalue weighted by molar-refractivity contribution is 6.01. The first kappa shape index (κ1) is 22.1. The van der Waals surface area contributed by atoms with Crippen molar-refractivity contribution in [3.8, 4) is 11.5 Å². The van der Waals surface area contributed by atoms with Gasteiger partial charge in [0.05, 0.1) is 11.1 Å². The van der Waals surface area contributed by atoms with Crippen molar-refractivity contribution >= 4 is 34.3 Å². The van der Waals surface area contributed by atoms with Gasteiger partial charge in [0.2, 0.25) is 0 Å². The Bertz CT molecular complexity index is 1460.